The van der Waals surface area contributed by atoms with Crippen LogP contribution in [-0.4, -0.2) is 11.3 Å². The number of hydrogen-bond donors (Lipinski definition) is 1. The monoisotopic (exact) mass is 209 g/mol. The van der Waals surface area contributed by atoms with E-state index in [1.165, 1.54) is 25.7 Å². The Kier molecular flexibility index (Phi) is 3.15. The maximum atomic E-state index is 12.3. The van der Waals surface area contributed by atoms with Gasteiger partial charge in [0.25, 0.3) is 0 Å². The quantitative estimate of drug-likeness (QED) is 0.726. The Hall–Kier alpha value is -0.370. The van der Waals surface area contributed by atoms with Gasteiger partial charge in [0.2, 0.25) is 0 Å². The molecule has 2 rings (SSSR count). The smallest absolute Gasteiger partial charge is 0.155 e. The van der Waals surface area contributed by atoms with E-state index >= 15 is 0 Å². The molecular weight excluding hydrogens is 186 g/mol. The third kappa shape index (κ3) is 2.41. The van der Waals surface area contributed by atoms with E-state index in [0.29, 0.717) is 11.7 Å². The van der Waals surface area contributed by atoms with Gasteiger partial charge in [-0.25, -0.2) is 0 Å². The first kappa shape index (κ1) is 11.1. The van der Waals surface area contributed by atoms with Crippen LogP contribution >= 0.6 is 0 Å². The van der Waals surface area contributed by atoms with Gasteiger partial charge in [-0.2, -0.15) is 0 Å². The largest absolute Gasteiger partial charge is 0.319 e. The molecule has 0 aromatic heterocycles. The van der Waals surface area contributed by atoms with Gasteiger partial charge in [0.15, 0.2) is 5.78 Å². The zero-order chi connectivity index (χ0) is 10.9. The molecular formula is C13H23NO. The third-order valence-corrected chi connectivity index (χ3v) is 4.18. The van der Waals surface area contributed by atoms with Crippen molar-refractivity contribution in [2.45, 2.75) is 63.8 Å². The Morgan fingerprint density at radius 2 is 1.60 bits per heavy atom. The summed E-state index contributed by atoms with van der Waals surface area (Å²) in [4.78, 5) is 12.3. The summed E-state index contributed by atoms with van der Waals surface area (Å²) >= 11 is 0. The lowest BCUT2D eigenvalue weighted by Crippen LogP contribution is -2.50. The molecule has 1 unspecified atom stereocenters. The van der Waals surface area contributed by atoms with E-state index in [1.54, 1.807) is 0 Å². The Balaban J connectivity index is 1.98. The second kappa shape index (κ2) is 4.25. The first-order valence-corrected chi connectivity index (χ1v) is 6.45. The minimum Gasteiger partial charge on any atom is -0.319 e. The van der Waals surface area contributed by atoms with Crippen LogP contribution in [0.5, 0.6) is 0 Å². The molecule has 2 heteroatoms. The van der Waals surface area contributed by atoms with E-state index in [4.69, 9.17) is 5.73 Å². The van der Waals surface area contributed by atoms with Crippen LogP contribution < -0.4 is 5.73 Å². The molecule has 0 saturated heterocycles. The number of carbonyl (C=O) groups excluding carboxylic acids is 1. The lowest BCUT2D eigenvalue weighted by molar-refractivity contribution is -0.128. The fraction of sp³-hybridized carbons (Fsp3) is 0.923. The first-order chi connectivity index (χ1) is 7.12. The minimum atomic E-state index is -0.519. The van der Waals surface area contributed by atoms with Crippen LogP contribution in [0.15, 0.2) is 0 Å². The first-order valence-electron chi connectivity index (χ1n) is 6.45. The molecule has 0 bridgehead atoms. The second-order valence-corrected chi connectivity index (χ2v) is 5.61. The average molecular weight is 209 g/mol. The van der Waals surface area contributed by atoms with Gasteiger partial charge < -0.3 is 5.73 Å². The summed E-state index contributed by atoms with van der Waals surface area (Å²) in [6.45, 7) is 1.96. The number of hydrogen-bond acceptors (Lipinski definition) is 2. The summed E-state index contributed by atoms with van der Waals surface area (Å²) in [6.07, 6.45) is 9.52. The lowest BCUT2D eigenvalue weighted by atomic mass is 9.81. The van der Waals surface area contributed by atoms with Crippen molar-refractivity contribution in [3.05, 3.63) is 0 Å². The number of Topliss-reactive ketones (excluding diaryl/α,β-unsaturated/α-hetero) is 1. The van der Waals surface area contributed by atoms with Gasteiger partial charge >= 0.3 is 0 Å². The van der Waals surface area contributed by atoms with Crippen LogP contribution in [0.25, 0.3) is 0 Å². The molecule has 2 fully saturated rings. The molecule has 0 spiro atoms. The molecule has 1 atom stereocenters. The molecule has 2 nitrogen and oxygen atoms in total. The van der Waals surface area contributed by atoms with E-state index in [9.17, 15) is 4.79 Å². The normalized spacial score (nSPS) is 28.1. The maximum absolute atomic E-state index is 12.3. The topological polar surface area (TPSA) is 43.1 Å². The standard InChI is InChI=1S/C13H23NO/c1-13(14,11-8-9-11)12(15)10-6-4-2-3-5-7-10/h10-11H,2-9,14H2,1H3. The van der Waals surface area contributed by atoms with Crippen molar-refractivity contribution in [1.29, 1.82) is 0 Å². The number of ketones is 1. The average Bonchev–Trinajstić information content (AvgIpc) is 3.03. The highest BCUT2D eigenvalue weighted by Crippen LogP contribution is 2.41. The van der Waals surface area contributed by atoms with E-state index in [0.717, 1.165) is 25.7 Å². The minimum absolute atomic E-state index is 0.267. The molecule has 0 aromatic carbocycles. The lowest BCUT2D eigenvalue weighted by Gasteiger charge is -2.27. The maximum Gasteiger partial charge on any atom is 0.155 e. The molecule has 0 amide bonds. The highest BCUT2D eigenvalue weighted by molar-refractivity contribution is 5.90. The van der Waals surface area contributed by atoms with E-state index in [-0.39, 0.29) is 5.92 Å². The fourth-order valence-electron chi connectivity index (χ4n) is 2.87. The summed E-state index contributed by atoms with van der Waals surface area (Å²) in [5.74, 6) is 1.10. The van der Waals surface area contributed by atoms with Crippen molar-refractivity contribution in [1.82, 2.24) is 0 Å². The van der Waals surface area contributed by atoms with Crippen LogP contribution in [0.2, 0.25) is 0 Å². The van der Waals surface area contributed by atoms with Crippen molar-refractivity contribution in [3.8, 4) is 0 Å². The van der Waals surface area contributed by atoms with Gasteiger partial charge in [0.1, 0.15) is 0 Å². The third-order valence-electron chi connectivity index (χ3n) is 4.18. The van der Waals surface area contributed by atoms with Crippen LogP contribution in [0, 0.1) is 11.8 Å². The Bertz CT molecular complexity index is 235. The van der Waals surface area contributed by atoms with Gasteiger partial charge in [-0.3, -0.25) is 4.79 Å². The molecule has 2 saturated carbocycles. The molecule has 2 aliphatic rings. The van der Waals surface area contributed by atoms with Gasteiger partial charge in [-0.05, 0) is 38.5 Å². The molecule has 0 heterocycles. The van der Waals surface area contributed by atoms with Crippen molar-refractivity contribution in [2.24, 2.45) is 17.6 Å². The van der Waals surface area contributed by atoms with Gasteiger partial charge in [0, 0.05) is 5.92 Å². The molecule has 2 N–H and O–H groups in total. The summed E-state index contributed by atoms with van der Waals surface area (Å²) in [7, 11) is 0. The summed E-state index contributed by atoms with van der Waals surface area (Å²) in [5, 5.41) is 0. The molecule has 2 aliphatic carbocycles. The zero-order valence-electron chi connectivity index (χ0n) is 9.80. The molecule has 0 aliphatic heterocycles. The van der Waals surface area contributed by atoms with Gasteiger partial charge in [0.05, 0.1) is 5.54 Å². The van der Waals surface area contributed by atoms with Gasteiger partial charge in [-0.1, -0.05) is 25.7 Å². The summed E-state index contributed by atoms with van der Waals surface area (Å²) < 4.78 is 0. The number of nitrogens with two attached hydrogens (primary N) is 1. The van der Waals surface area contributed by atoms with Crippen LogP contribution in [0.1, 0.15) is 58.3 Å². The summed E-state index contributed by atoms with van der Waals surface area (Å²) in [6, 6.07) is 0. The SMILES string of the molecule is CC(N)(C(=O)C1CCCCCC1)C1CC1. The molecule has 0 radical (unpaired) electrons. The van der Waals surface area contributed by atoms with Crippen LogP contribution in [0.4, 0.5) is 0 Å². The van der Waals surface area contributed by atoms with E-state index < -0.39 is 5.54 Å². The highest BCUT2D eigenvalue weighted by atomic mass is 16.1. The highest BCUT2D eigenvalue weighted by Gasteiger charge is 2.45. The van der Waals surface area contributed by atoms with Crippen molar-refractivity contribution in [3.63, 3.8) is 0 Å². The van der Waals surface area contributed by atoms with Crippen molar-refractivity contribution in [2.75, 3.05) is 0 Å². The van der Waals surface area contributed by atoms with Crippen molar-refractivity contribution >= 4 is 5.78 Å². The Morgan fingerprint density at radius 3 is 2.07 bits per heavy atom. The Morgan fingerprint density at radius 1 is 1.07 bits per heavy atom. The zero-order valence-corrected chi connectivity index (χ0v) is 9.80. The molecule has 0 aromatic rings. The Labute approximate surface area is 92.6 Å². The van der Waals surface area contributed by atoms with Crippen molar-refractivity contribution < 1.29 is 4.79 Å². The predicted molar refractivity (Wildman–Crippen MR) is 61.5 cm³/mol. The van der Waals surface area contributed by atoms with E-state index in [2.05, 4.69) is 0 Å². The van der Waals surface area contributed by atoms with Gasteiger partial charge in [-0.15, -0.1) is 0 Å². The van der Waals surface area contributed by atoms with E-state index in [1.807, 2.05) is 6.92 Å². The number of carbonyl (C=O) groups is 1. The fourth-order valence-corrected chi connectivity index (χ4v) is 2.87. The number of rotatable bonds is 3. The predicted octanol–water partition coefficient (Wildman–Crippen LogP) is 2.65. The molecule has 86 valence electrons. The second-order valence-electron chi connectivity index (χ2n) is 5.61. The van der Waals surface area contributed by atoms with Crippen LogP contribution in [-0.2, 0) is 4.79 Å². The van der Waals surface area contributed by atoms with Crippen LogP contribution in [0.3, 0.4) is 0 Å². The molecule has 15 heavy (non-hydrogen) atoms. The summed E-state index contributed by atoms with van der Waals surface area (Å²) in [5.41, 5.74) is 5.68.